The number of nitrogens with one attached hydrogen (secondary N) is 1. The highest BCUT2D eigenvalue weighted by Crippen LogP contribution is 2.21. The fourth-order valence-electron chi connectivity index (χ4n) is 2.93. The van der Waals surface area contributed by atoms with Crippen LogP contribution in [0.1, 0.15) is 25.7 Å². The highest BCUT2D eigenvalue weighted by atomic mass is 16.2. The van der Waals surface area contributed by atoms with Gasteiger partial charge in [0, 0.05) is 25.0 Å². The zero-order valence-corrected chi connectivity index (χ0v) is 11.1. The maximum atomic E-state index is 12.4. The zero-order valence-electron chi connectivity index (χ0n) is 11.1. The van der Waals surface area contributed by atoms with Crippen molar-refractivity contribution < 1.29 is 4.79 Å². The van der Waals surface area contributed by atoms with E-state index in [2.05, 4.69) is 22.2 Å². The Kier molecular flexibility index (Phi) is 4.40. The lowest BCUT2D eigenvalue weighted by Crippen LogP contribution is -2.50. The standard InChI is InChI=1S/C13H25N3O/c1-14-12-4-3-7-16(10-12)13(17)11-5-8-15(2)9-6-11/h11-12,14H,3-10H2,1-2H3. The minimum Gasteiger partial charge on any atom is -0.341 e. The smallest absolute Gasteiger partial charge is 0.225 e. The van der Waals surface area contributed by atoms with Crippen LogP contribution in [0, 0.1) is 5.92 Å². The Balaban J connectivity index is 1.86. The number of carbonyl (C=O) groups is 1. The van der Waals surface area contributed by atoms with Crippen molar-refractivity contribution in [3.05, 3.63) is 0 Å². The van der Waals surface area contributed by atoms with Crippen molar-refractivity contribution >= 4 is 5.91 Å². The van der Waals surface area contributed by atoms with E-state index in [0.717, 1.165) is 45.4 Å². The molecule has 0 spiro atoms. The lowest BCUT2D eigenvalue weighted by atomic mass is 9.94. The molecule has 98 valence electrons. The third-order valence-corrected chi connectivity index (χ3v) is 4.21. The highest BCUT2D eigenvalue weighted by molar-refractivity contribution is 5.79. The fourth-order valence-corrected chi connectivity index (χ4v) is 2.93. The number of rotatable bonds is 2. The van der Waals surface area contributed by atoms with E-state index in [9.17, 15) is 4.79 Å². The van der Waals surface area contributed by atoms with E-state index in [1.807, 2.05) is 7.05 Å². The van der Waals surface area contributed by atoms with Crippen molar-refractivity contribution in [2.75, 3.05) is 40.3 Å². The number of hydrogen-bond acceptors (Lipinski definition) is 3. The molecular weight excluding hydrogens is 214 g/mol. The largest absolute Gasteiger partial charge is 0.341 e. The van der Waals surface area contributed by atoms with Gasteiger partial charge in [0.1, 0.15) is 0 Å². The highest BCUT2D eigenvalue weighted by Gasteiger charge is 2.30. The Morgan fingerprint density at radius 3 is 2.53 bits per heavy atom. The summed E-state index contributed by atoms with van der Waals surface area (Å²) in [5, 5.41) is 3.30. The number of likely N-dealkylation sites (tertiary alicyclic amines) is 2. The maximum Gasteiger partial charge on any atom is 0.225 e. The first-order chi connectivity index (χ1) is 8.20. The van der Waals surface area contributed by atoms with Gasteiger partial charge in [-0.1, -0.05) is 0 Å². The summed E-state index contributed by atoms with van der Waals surface area (Å²) in [5.74, 6) is 0.680. The van der Waals surface area contributed by atoms with Crippen LogP contribution in [0.25, 0.3) is 0 Å². The predicted molar refractivity (Wildman–Crippen MR) is 68.9 cm³/mol. The molecule has 1 amide bonds. The van der Waals surface area contributed by atoms with Crippen molar-refractivity contribution in [3.8, 4) is 0 Å². The molecule has 4 heteroatoms. The molecule has 0 aromatic rings. The van der Waals surface area contributed by atoms with Crippen LogP contribution in [0.3, 0.4) is 0 Å². The monoisotopic (exact) mass is 239 g/mol. The Hall–Kier alpha value is -0.610. The second-order valence-corrected chi connectivity index (χ2v) is 5.49. The molecule has 1 atom stereocenters. The van der Waals surface area contributed by atoms with Gasteiger partial charge in [-0.3, -0.25) is 4.79 Å². The van der Waals surface area contributed by atoms with Crippen molar-refractivity contribution in [1.29, 1.82) is 0 Å². The summed E-state index contributed by atoms with van der Waals surface area (Å²) in [5.41, 5.74) is 0. The molecule has 0 aromatic carbocycles. The summed E-state index contributed by atoms with van der Waals surface area (Å²) in [6, 6.07) is 0.499. The molecule has 4 nitrogen and oxygen atoms in total. The Bertz CT molecular complexity index is 261. The second-order valence-electron chi connectivity index (χ2n) is 5.49. The molecule has 1 N–H and O–H groups in total. The molecule has 2 saturated heterocycles. The van der Waals surface area contributed by atoms with E-state index in [1.165, 1.54) is 6.42 Å². The number of nitrogens with zero attached hydrogens (tertiary/aromatic N) is 2. The maximum absolute atomic E-state index is 12.4. The van der Waals surface area contributed by atoms with E-state index in [0.29, 0.717) is 11.9 Å². The van der Waals surface area contributed by atoms with Gasteiger partial charge in [0.2, 0.25) is 5.91 Å². The number of amides is 1. The van der Waals surface area contributed by atoms with Crippen molar-refractivity contribution in [2.45, 2.75) is 31.7 Å². The van der Waals surface area contributed by atoms with Crippen LogP contribution >= 0.6 is 0 Å². The van der Waals surface area contributed by atoms with Crippen molar-refractivity contribution in [1.82, 2.24) is 15.1 Å². The van der Waals surface area contributed by atoms with Crippen LogP contribution in [0.2, 0.25) is 0 Å². The molecule has 2 heterocycles. The summed E-state index contributed by atoms with van der Waals surface area (Å²) < 4.78 is 0. The summed E-state index contributed by atoms with van der Waals surface area (Å²) in [4.78, 5) is 16.8. The molecule has 2 aliphatic rings. The first kappa shape index (κ1) is 12.8. The molecule has 0 aromatic heterocycles. The summed E-state index contributed by atoms with van der Waals surface area (Å²) in [7, 11) is 4.13. The normalized spacial score (nSPS) is 28.4. The van der Waals surface area contributed by atoms with E-state index < -0.39 is 0 Å². The Labute approximate surface area is 104 Å². The first-order valence-corrected chi connectivity index (χ1v) is 6.85. The lowest BCUT2D eigenvalue weighted by Gasteiger charge is -2.37. The molecule has 2 rings (SSSR count). The van der Waals surface area contributed by atoms with Crippen LogP contribution in [-0.4, -0.2) is 62.0 Å². The third-order valence-electron chi connectivity index (χ3n) is 4.21. The van der Waals surface area contributed by atoms with Crippen LogP contribution in [0.5, 0.6) is 0 Å². The van der Waals surface area contributed by atoms with Gasteiger partial charge in [-0.15, -0.1) is 0 Å². The van der Waals surface area contributed by atoms with E-state index >= 15 is 0 Å². The van der Waals surface area contributed by atoms with Gasteiger partial charge in [0.05, 0.1) is 0 Å². The summed E-state index contributed by atoms with van der Waals surface area (Å²) >= 11 is 0. The number of likely N-dealkylation sites (N-methyl/N-ethyl adjacent to an activating group) is 1. The van der Waals surface area contributed by atoms with E-state index in [4.69, 9.17) is 0 Å². The van der Waals surface area contributed by atoms with Gasteiger partial charge in [-0.2, -0.15) is 0 Å². The third kappa shape index (κ3) is 3.19. The zero-order chi connectivity index (χ0) is 12.3. The van der Waals surface area contributed by atoms with Crippen molar-refractivity contribution in [3.63, 3.8) is 0 Å². The van der Waals surface area contributed by atoms with Gasteiger partial charge in [-0.25, -0.2) is 0 Å². The minimum absolute atomic E-state index is 0.279. The predicted octanol–water partition coefficient (Wildman–Crippen LogP) is 0.539. The molecule has 17 heavy (non-hydrogen) atoms. The fraction of sp³-hybridized carbons (Fsp3) is 0.923. The average Bonchev–Trinajstić information content (AvgIpc) is 2.39. The molecule has 1 unspecified atom stereocenters. The second kappa shape index (κ2) is 5.83. The van der Waals surface area contributed by atoms with Crippen LogP contribution in [-0.2, 0) is 4.79 Å². The molecular formula is C13H25N3O. The molecule has 0 saturated carbocycles. The van der Waals surface area contributed by atoms with Crippen LogP contribution in [0.15, 0.2) is 0 Å². The molecule has 0 bridgehead atoms. The van der Waals surface area contributed by atoms with Gasteiger partial charge in [-0.05, 0) is 52.9 Å². The number of carbonyl (C=O) groups excluding carboxylic acids is 1. The summed E-state index contributed by atoms with van der Waals surface area (Å²) in [6.07, 6.45) is 4.42. The number of hydrogen-bond donors (Lipinski definition) is 1. The van der Waals surface area contributed by atoms with Crippen molar-refractivity contribution in [2.24, 2.45) is 5.92 Å². The quantitative estimate of drug-likeness (QED) is 0.764. The van der Waals surface area contributed by atoms with Gasteiger partial charge >= 0.3 is 0 Å². The molecule has 0 aliphatic carbocycles. The molecule has 2 fully saturated rings. The first-order valence-electron chi connectivity index (χ1n) is 6.85. The molecule has 0 radical (unpaired) electrons. The van der Waals surface area contributed by atoms with Crippen LogP contribution in [0.4, 0.5) is 0 Å². The Morgan fingerprint density at radius 1 is 1.18 bits per heavy atom. The van der Waals surface area contributed by atoms with E-state index in [1.54, 1.807) is 0 Å². The SMILES string of the molecule is CNC1CCCN(C(=O)C2CCN(C)CC2)C1. The average molecular weight is 239 g/mol. The minimum atomic E-state index is 0.279. The van der Waals surface area contributed by atoms with Crippen LogP contribution < -0.4 is 5.32 Å². The van der Waals surface area contributed by atoms with Gasteiger partial charge < -0.3 is 15.1 Å². The topological polar surface area (TPSA) is 35.6 Å². The number of piperidine rings is 2. The lowest BCUT2D eigenvalue weighted by molar-refractivity contribution is -0.138. The van der Waals surface area contributed by atoms with E-state index in [-0.39, 0.29) is 5.92 Å². The summed E-state index contributed by atoms with van der Waals surface area (Å²) in [6.45, 7) is 4.00. The Morgan fingerprint density at radius 2 is 1.88 bits per heavy atom. The van der Waals surface area contributed by atoms with Gasteiger partial charge in [0.25, 0.3) is 0 Å². The van der Waals surface area contributed by atoms with Gasteiger partial charge in [0.15, 0.2) is 0 Å². The molecule has 2 aliphatic heterocycles.